The van der Waals surface area contributed by atoms with E-state index in [1.807, 2.05) is 0 Å². The zero-order chi connectivity index (χ0) is 14.6. The number of aliphatic hydroxyl groups excluding tert-OH is 1. The van der Waals surface area contributed by atoms with Crippen LogP contribution in [0.1, 0.15) is 5.56 Å². The monoisotopic (exact) mass is 327 g/mol. The van der Waals surface area contributed by atoms with Gasteiger partial charge in [-0.25, -0.2) is 8.42 Å². The second kappa shape index (κ2) is 6.88. The highest BCUT2D eigenvalue weighted by Crippen LogP contribution is 2.32. The molecule has 0 radical (unpaired) electrons. The van der Waals surface area contributed by atoms with Gasteiger partial charge in [0.15, 0.2) is 0 Å². The van der Waals surface area contributed by atoms with E-state index in [0.717, 1.165) is 4.31 Å². The molecule has 0 aliphatic rings. The number of halogens is 2. The van der Waals surface area contributed by atoms with Crippen molar-refractivity contribution >= 4 is 33.2 Å². The van der Waals surface area contributed by atoms with Gasteiger partial charge in [0.1, 0.15) is 4.90 Å². The minimum atomic E-state index is -3.74. The zero-order valence-corrected chi connectivity index (χ0v) is 12.9. The summed E-state index contributed by atoms with van der Waals surface area (Å²) in [6, 6.07) is 2.72. The number of nitrogens with zero attached hydrogens (tertiary/aromatic N) is 1. The molecule has 1 aromatic carbocycles. The molecule has 5 nitrogen and oxygen atoms in total. The molecule has 1 aromatic rings. The molecule has 0 unspecified atom stereocenters. The third-order valence-electron chi connectivity index (χ3n) is 2.61. The van der Waals surface area contributed by atoms with Gasteiger partial charge in [-0.05, 0) is 12.1 Å². The number of aliphatic hydroxyl groups is 1. The largest absolute Gasteiger partial charge is 0.392 e. The van der Waals surface area contributed by atoms with Crippen molar-refractivity contribution < 1.29 is 18.3 Å². The quantitative estimate of drug-likeness (QED) is 0.864. The number of ether oxygens (including phenoxy) is 1. The van der Waals surface area contributed by atoms with E-state index < -0.39 is 16.6 Å². The van der Waals surface area contributed by atoms with E-state index in [1.165, 1.54) is 26.3 Å². The third kappa shape index (κ3) is 3.59. The minimum Gasteiger partial charge on any atom is -0.392 e. The highest BCUT2D eigenvalue weighted by atomic mass is 35.5. The average molecular weight is 328 g/mol. The lowest BCUT2D eigenvalue weighted by Gasteiger charge is -2.18. The molecule has 1 rings (SSSR count). The molecule has 0 aromatic heterocycles. The SMILES string of the molecule is COCCN(C)S(=O)(=O)c1ccc(Cl)c(CO)c1Cl. The molecule has 108 valence electrons. The number of sulfonamides is 1. The van der Waals surface area contributed by atoms with Crippen LogP contribution in [-0.4, -0.2) is 45.1 Å². The molecular weight excluding hydrogens is 313 g/mol. The van der Waals surface area contributed by atoms with Crippen LogP contribution in [0.3, 0.4) is 0 Å². The first-order valence-corrected chi connectivity index (χ1v) is 7.58. The van der Waals surface area contributed by atoms with E-state index in [-0.39, 0.29) is 33.7 Å². The number of hydrogen-bond acceptors (Lipinski definition) is 4. The first-order valence-electron chi connectivity index (χ1n) is 5.39. The summed E-state index contributed by atoms with van der Waals surface area (Å²) >= 11 is 11.8. The van der Waals surface area contributed by atoms with Crippen molar-refractivity contribution in [3.05, 3.63) is 27.7 Å². The Labute approximate surface area is 122 Å². The minimum absolute atomic E-state index is 0.0562. The predicted molar refractivity (Wildman–Crippen MR) is 74.1 cm³/mol. The molecule has 1 N–H and O–H groups in total. The Bertz CT molecular complexity index is 548. The van der Waals surface area contributed by atoms with Gasteiger partial charge in [-0.1, -0.05) is 23.2 Å². The van der Waals surface area contributed by atoms with Crippen LogP contribution in [0.25, 0.3) is 0 Å². The standard InChI is InChI=1S/C11H15Cl2NO4S/c1-14(5-6-18-2)19(16,17)10-4-3-9(12)8(7-15)11(10)13/h3-4,15H,5-7H2,1-2H3. The first-order chi connectivity index (χ1) is 8.86. The molecule has 0 saturated heterocycles. The van der Waals surface area contributed by atoms with Crippen LogP contribution in [0.5, 0.6) is 0 Å². The van der Waals surface area contributed by atoms with Crippen molar-refractivity contribution in [3.63, 3.8) is 0 Å². The van der Waals surface area contributed by atoms with E-state index in [2.05, 4.69) is 0 Å². The van der Waals surface area contributed by atoms with Gasteiger partial charge < -0.3 is 9.84 Å². The van der Waals surface area contributed by atoms with Crippen LogP contribution in [0.15, 0.2) is 17.0 Å². The highest BCUT2D eigenvalue weighted by molar-refractivity contribution is 7.89. The van der Waals surface area contributed by atoms with E-state index in [4.69, 9.17) is 27.9 Å². The molecule has 0 amide bonds. The van der Waals surface area contributed by atoms with E-state index in [1.54, 1.807) is 0 Å². The van der Waals surface area contributed by atoms with Crippen molar-refractivity contribution in [2.75, 3.05) is 27.3 Å². The van der Waals surface area contributed by atoms with E-state index >= 15 is 0 Å². The number of rotatable bonds is 6. The third-order valence-corrected chi connectivity index (χ3v) is 5.40. The summed E-state index contributed by atoms with van der Waals surface area (Å²) in [5, 5.41) is 9.34. The van der Waals surface area contributed by atoms with Gasteiger partial charge in [0.2, 0.25) is 10.0 Å². The van der Waals surface area contributed by atoms with E-state index in [0.29, 0.717) is 0 Å². The second-order valence-electron chi connectivity index (χ2n) is 3.82. The summed E-state index contributed by atoms with van der Waals surface area (Å²) in [5.74, 6) is 0. The molecular formula is C11H15Cl2NO4S. The molecule has 19 heavy (non-hydrogen) atoms. The summed E-state index contributed by atoms with van der Waals surface area (Å²) in [4.78, 5) is -0.0822. The molecule has 0 aliphatic carbocycles. The second-order valence-corrected chi connectivity index (χ2v) is 6.61. The van der Waals surface area contributed by atoms with Crippen molar-refractivity contribution in [3.8, 4) is 0 Å². The van der Waals surface area contributed by atoms with E-state index in [9.17, 15) is 13.5 Å². The first kappa shape index (κ1) is 16.7. The Morgan fingerprint density at radius 2 is 2.00 bits per heavy atom. The molecule has 0 aliphatic heterocycles. The van der Waals surface area contributed by atoms with Crippen molar-refractivity contribution in [2.45, 2.75) is 11.5 Å². The van der Waals surface area contributed by atoms with Crippen LogP contribution in [0.4, 0.5) is 0 Å². The molecule has 0 heterocycles. The summed E-state index contributed by atoms with van der Waals surface area (Å²) < 4.78 is 30.6. The molecule has 0 spiro atoms. The maximum Gasteiger partial charge on any atom is 0.244 e. The summed E-state index contributed by atoms with van der Waals surface area (Å²) in [7, 11) is -0.825. The topological polar surface area (TPSA) is 66.8 Å². The van der Waals surface area contributed by atoms with Crippen molar-refractivity contribution in [1.29, 1.82) is 0 Å². The summed E-state index contributed by atoms with van der Waals surface area (Å²) in [6.45, 7) is 0.0445. The smallest absolute Gasteiger partial charge is 0.244 e. The normalized spacial score (nSPS) is 12.1. The number of likely N-dealkylation sites (N-methyl/N-ethyl adjacent to an activating group) is 1. The Morgan fingerprint density at radius 3 is 2.53 bits per heavy atom. The fourth-order valence-corrected chi connectivity index (χ4v) is 3.45. The molecule has 0 fully saturated rings. The van der Waals surface area contributed by atoms with Gasteiger partial charge in [-0.2, -0.15) is 4.31 Å². The highest BCUT2D eigenvalue weighted by Gasteiger charge is 2.25. The van der Waals surface area contributed by atoms with Crippen LogP contribution in [-0.2, 0) is 21.4 Å². The fraction of sp³-hybridized carbons (Fsp3) is 0.455. The van der Waals surface area contributed by atoms with Gasteiger partial charge in [0.25, 0.3) is 0 Å². The molecule has 0 atom stereocenters. The predicted octanol–water partition coefficient (Wildman–Crippen LogP) is 1.75. The van der Waals surface area contributed by atoms with Gasteiger partial charge in [-0.3, -0.25) is 0 Å². The average Bonchev–Trinajstić information content (AvgIpc) is 2.36. The van der Waals surface area contributed by atoms with Crippen LogP contribution >= 0.6 is 23.2 Å². The van der Waals surface area contributed by atoms with Crippen LogP contribution in [0.2, 0.25) is 10.0 Å². The lowest BCUT2D eigenvalue weighted by molar-refractivity contribution is 0.185. The number of hydrogen-bond donors (Lipinski definition) is 1. The van der Waals surface area contributed by atoms with Gasteiger partial charge in [-0.15, -0.1) is 0 Å². The van der Waals surface area contributed by atoms with Crippen molar-refractivity contribution in [1.82, 2.24) is 4.31 Å². The Balaban J connectivity index is 3.22. The summed E-state index contributed by atoms with van der Waals surface area (Å²) in [5.41, 5.74) is 0.199. The molecule has 8 heteroatoms. The summed E-state index contributed by atoms with van der Waals surface area (Å²) in [6.07, 6.45) is 0. The number of methoxy groups -OCH3 is 1. The fourth-order valence-electron chi connectivity index (χ4n) is 1.43. The van der Waals surface area contributed by atoms with Crippen molar-refractivity contribution in [2.24, 2.45) is 0 Å². The Morgan fingerprint density at radius 1 is 1.37 bits per heavy atom. The van der Waals surface area contributed by atoms with Gasteiger partial charge in [0, 0.05) is 31.3 Å². The lowest BCUT2D eigenvalue weighted by Crippen LogP contribution is -2.30. The maximum absolute atomic E-state index is 12.3. The zero-order valence-electron chi connectivity index (χ0n) is 10.6. The molecule has 0 bridgehead atoms. The Kier molecular flexibility index (Phi) is 6.04. The van der Waals surface area contributed by atoms with Crippen LogP contribution in [0, 0.1) is 0 Å². The Hall–Kier alpha value is -0.370. The van der Waals surface area contributed by atoms with Gasteiger partial charge >= 0.3 is 0 Å². The number of benzene rings is 1. The molecule has 0 saturated carbocycles. The van der Waals surface area contributed by atoms with Crippen LogP contribution < -0.4 is 0 Å². The lowest BCUT2D eigenvalue weighted by atomic mass is 10.2. The maximum atomic E-state index is 12.3. The van der Waals surface area contributed by atoms with Gasteiger partial charge in [0.05, 0.1) is 18.2 Å².